The fourth-order valence-electron chi connectivity index (χ4n) is 4.34. The number of phenols is 2. The summed E-state index contributed by atoms with van der Waals surface area (Å²) in [5.74, 6) is 0.304. The predicted octanol–water partition coefficient (Wildman–Crippen LogP) is 6.84. The smallest absolute Gasteiger partial charge is 0.413 e. The Balaban J connectivity index is 1.58. The monoisotopic (exact) mass is 543 g/mol. The molecule has 10 heteroatoms. The zero-order valence-electron chi connectivity index (χ0n) is 22.3. The Bertz CT molecular complexity index is 1510. The summed E-state index contributed by atoms with van der Waals surface area (Å²) in [6.45, 7) is 2.30. The van der Waals surface area contributed by atoms with Crippen molar-refractivity contribution < 1.29 is 20.1 Å². The van der Waals surface area contributed by atoms with Crippen molar-refractivity contribution in [2.24, 2.45) is 10.2 Å². The standard InChI is InChI=1S/C30H33N5O5/c1-2-3-4-8-19-34(30(39)40)28-27(29(38)35(33-28)24-9-6-5-7-10-24)32-31-23-15-12-21(13-16-23)11-14-22-20-25(36)17-18-26(22)37/h5-7,9-10,12-13,15-18,20,33,36-37H,2-4,8,11,14,19H2,1H3,(H,39,40). The first-order chi connectivity index (χ1) is 19.4. The molecule has 4 aromatic rings. The molecule has 4 rings (SSSR count). The van der Waals surface area contributed by atoms with Crippen LogP contribution in [0.4, 0.5) is 22.0 Å². The summed E-state index contributed by atoms with van der Waals surface area (Å²) in [5, 5.41) is 41.0. The number of hydrogen-bond donors (Lipinski definition) is 4. The first-order valence-electron chi connectivity index (χ1n) is 13.3. The van der Waals surface area contributed by atoms with Crippen LogP contribution in [0.1, 0.15) is 43.7 Å². The van der Waals surface area contributed by atoms with E-state index >= 15 is 0 Å². The number of aromatic nitrogens is 2. The van der Waals surface area contributed by atoms with E-state index in [2.05, 4.69) is 22.3 Å². The fraction of sp³-hybridized carbons (Fsp3) is 0.267. The summed E-state index contributed by atoms with van der Waals surface area (Å²) >= 11 is 0. The van der Waals surface area contributed by atoms with Gasteiger partial charge in [-0.1, -0.05) is 56.5 Å². The van der Waals surface area contributed by atoms with Crippen molar-refractivity contribution in [3.8, 4) is 17.2 Å². The van der Waals surface area contributed by atoms with E-state index in [1.54, 1.807) is 42.5 Å². The number of rotatable bonds is 12. The van der Waals surface area contributed by atoms with Gasteiger partial charge in [0.15, 0.2) is 11.5 Å². The van der Waals surface area contributed by atoms with Crippen molar-refractivity contribution in [2.45, 2.75) is 45.4 Å². The van der Waals surface area contributed by atoms with Gasteiger partial charge in [-0.05, 0) is 72.9 Å². The second-order valence-electron chi connectivity index (χ2n) is 9.46. The van der Waals surface area contributed by atoms with Gasteiger partial charge in [-0.25, -0.2) is 9.48 Å². The average molecular weight is 544 g/mol. The number of benzene rings is 3. The Morgan fingerprint density at radius 3 is 2.38 bits per heavy atom. The highest BCUT2D eigenvalue weighted by Crippen LogP contribution is 2.28. The average Bonchev–Trinajstić information content (AvgIpc) is 3.28. The molecule has 0 spiro atoms. The number of nitrogens with one attached hydrogen (secondary N) is 1. The first kappa shape index (κ1) is 28.2. The summed E-state index contributed by atoms with van der Waals surface area (Å²) in [4.78, 5) is 26.7. The van der Waals surface area contributed by atoms with Gasteiger partial charge in [0.1, 0.15) is 11.5 Å². The van der Waals surface area contributed by atoms with Gasteiger partial charge in [0.25, 0.3) is 0 Å². The number of amides is 1. The molecule has 0 aliphatic rings. The fourth-order valence-corrected chi connectivity index (χ4v) is 4.34. The van der Waals surface area contributed by atoms with Crippen LogP contribution in [0.5, 0.6) is 11.5 Å². The highest BCUT2D eigenvalue weighted by atomic mass is 16.4. The van der Waals surface area contributed by atoms with Gasteiger partial charge in [-0.15, -0.1) is 5.11 Å². The third-order valence-corrected chi connectivity index (χ3v) is 6.55. The van der Waals surface area contributed by atoms with Crippen LogP contribution in [0.15, 0.2) is 87.8 Å². The lowest BCUT2D eigenvalue weighted by Crippen LogP contribution is -2.30. The lowest BCUT2D eigenvalue weighted by Gasteiger charge is -2.17. The van der Waals surface area contributed by atoms with E-state index in [0.29, 0.717) is 36.2 Å². The van der Waals surface area contributed by atoms with E-state index in [1.807, 2.05) is 18.2 Å². The summed E-state index contributed by atoms with van der Waals surface area (Å²) in [7, 11) is 0. The minimum absolute atomic E-state index is 0.0733. The number of aromatic amines is 1. The van der Waals surface area contributed by atoms with Crippen molar-refractivity contribution in [2.75, 3.05) is 11.4 Å². The van der Waals surface area contributed by atoms with E-state index in [-0.39, 0.29) is 29.5 Å². The molecule has 40 heavy (non-hydrogen) atoms. The van der Waals surface area contributed by atoms with Crippen molar-refractivity contribution in [1.82, 2.24) is 9.78 Å². The minimum Gasteiger partial charge on any atom is -0.508 e. The van der Waals surface area contributed by atoms with Crippen LogP contribution in [-0.4, -0.2) is 37.7 Å². The molecular formula is C30H33N5O5. The second kappa shape index (κ2) is 13.3. The number of nitrogens with zero attached hydrogens (tertiary/aromatic N) is 4. The molecule has 0 saturated carbocycles. The topological polar surface area (TPSA) is 144 Å². The maximum atomic E-state index is 13.4. The first-order valence-corrected chi connectivity index (χ1v) is 13.3. The molecule has 10 nitrogen and oxygen atoms in total. The van der Waals surface area contributed by atoms with Crippen LogP contribution in [-0.2, 0) is 12.8 Å². The molecule has 4 N–H and O–H groups in total. The number of unbranched alkanes of at least 4 members (excludes halogenated alkanes) is 3. The maximum Gasteiger partial charge on any atom is 0.413 e. The summed E-state index contributed by atoms with van der Waals surface area (Å²) in [6, 6.07) is 20.6. The van der Waals surface area contributed by atoms with Crippen LogP contribution in [0, 0.1) is 0 Å². The van der Waals surface area contributed by atoms with E-state index in [1.165, 1.54) is 16.8 Å². The van der Waals surface area contributed by atoms with Crippen LogP contribution in [0.2, 0.25) is 0 Å². The molecule has 0 aliphatic heterocycles. The molecule has 3 aromatic carbocycles. The van der Waals surface area contributed by atoms with Gasteiger partial charge in [-0.3, -0.25) is 14.8 Å². The molecule has 1 aromatic heterocycles. The lowest BCUT2D eigenvalue weighted by atomic mass is 10.0. The van der Waals surface area contributed by atoms with Gasteiger partial charge in [0.2, 0.25) is 0 Å². The number of para-hydroxylation sites is 1. The molecule has 208 valence electrons. The molecule has 1 amide bonds. The maximum absolute atomic E-state index is 13.4. The number of hydrogen-bond acceptors (Lipinski definition) is 6. The third kappa shape index (κ3) is 6.96. The zero-order valence-corrected chi connectivity index (χ0v) is 22.3. The molecule has 0 aliphatic carbocycles. The lowest BCUT2D eigenvalue weighted by molar-refractivity contribution is 0.201. The Hall–Kier alpha value is -4.86. The predicted molar refractivity (Wildman–Crippen MR) is 154 cm³/mol. The van der Waals surface area contributed by atoms with E-state index < -0.39 is 11.7 Å². The van der Waals surface area contributed by atoms with Gasteiger partial charge >= 0.3 is 11.7 Å². The molecule has 0 radical (unpaired) electrons. The second-order valence-corrected chi connectivity index (χ2v) is 9.46. The van der Waals surface area contributed by atoms with Gasteiger partial charge in [0.05, 0.1) is 11.4 Å². The van der Waals surface area contributed by atoms with Crippen LogP contribution >= 0.6 is 0 Å². The van der Waals surface area contributed by atoms with E-state index in [0.717, 1.165) is 29.7 Å². The number of phenolic OH excluding ortho intramolecular Hbond substituents is 2. The van der Waals surface area contributed by atoms with Crippen molar-refractivity contribution in [1.29, 1.82) is 0 Å². The summed E-state index contributed by atoms with van der Waals surface area (Å²) in [6.07, 6.45) is 3.52. The zero-order chi connectivity index (χ0) is 28.5. The Morgan fingerprint density at radius 1 is 0.925 bits per heavy atom. The molecule has 0 unspecified atom stereocenters. The molecule has 0 fully saturated rings. The van der Waals surface area contributed by atoms with E-state index in [9.17, 15) is 24.9 Å². The van der Waals surface area contributed by atoms with Gasteiger partial charge in [-0.2, -0.15) is 5.11 Å². The third-order valence-electron chi connectivity index (χ3n) is 6.55. The van der Waals surface area contributed by atoms with Crippen LogP contribution in [0.3, 0.4) is 0 Å². The molecule has 0 saturated heterocycles. The Kier molecular flexibility index (Phi) is 9.35. The highest BCUT2D eigenvalue weighted by molar-refractivity contribution is 5.88. The molecule has 1 heterocycles. The summed E-state index contributed by atoms with van der Waals surface area (Å²) in [5.41, 5.74) is 2.08. The number of aryl methyl sites for hydroxylation is 2. The molecule has 0 bridgehead atoms. The Morgan fingerprint density at radius 2 is 1.68 bits per heavy atom. The highest BCUT2D eigenvalue weighted by Gasteiger charge is 2.25. The number of carboxylic acid groups (broad SMARTS) is 1. The number of anilines is 1. The quantitative estimate of drug-likeness (QED) is 0.0878. The van der Waals surface area contributed by atoms with Gasteiger partial charge in [0, 0.05) is 6.54 Å². The summed E-state index contributed by atoms with van der Waals surface area (Å²) < 4.78 is 1.27. The van der Waals surface area contributed by atoms with Gasteiger partial charge < -0.3 is 15.3 Å². The van der Waals surface area contributed by atoms with Crippen LogP contribution < -0.4 is 10.5 Å². The minimum atomic E-state index is -1.18. The largest absolute Gasteiger partial charge is 0.508 e. The van der Waals surface area contributed by atoms with Crippen molar-refractivity contribution >= 4 is 23.3 Å². The molecule has 0 atom stereocenters. The SMILES string of the molecule is CCCCCCN(C(=O)O)c1[nH]n(-c2ccccc2)c(=O)c1N=Nc1ccc(CCc2cc(O)ccc2O)cc1. The Labute approximate surface area is 231 Å². The number of azo groups is 1. The number of aromatic hydroxyl groups is 2. The number of carbonyl (C=O) groups is 1. The normalized spacial score (nSPS) is 11.2. The van der Waals surface area contributed by atoms with Crippen molar-refractivity contribution in [3.63, 3.8) is 0 Å². The van der Waals surface area contributed by atoms with Crippen LogP contribution in [0.25, 0.3) is 5.69 Å². The molecular weight excluding hydrogens is 510 g/mol. The van der Waals surface area contributed by atoms with E-state index in [4.69, 9.17) is 0 Å². The number of H-pyrrole nitrogens is 1. The van der Waals surface area contributed by atoms with Crippen molar-refractivity contribution in [3.05, 3.63) is 94.3 Å².